The van der Waals surface area contributed by atoms with E-state index in [2.05, 4.69) is 25.4 Å². The van der Waals surface area contributed by atoms with Crippen molar-refractivity contribution >= 4 is 16.8 Å². The van der Waals surface area contributed by atoms with E-state index in [1.165, 1.54) is 12.8 Å². The zero-order chi connectivity index (χ0) is 18.2. The van der Waals surface area contributed by atoms with Crippen molar-refractivity contribution in [3.8, 4) is 11.3 Å². The molecule has 1 amide bonds. The van der Waals surface area contributed by atoms with E-state index in [-0.39, 0.29) is 12.0 Å². The molecule has 2 atom stereocenters. The van der Waals surface area contributed by atoms with Gasteiger partial charge in [-0.1, -0.05) is 18.2 Å². The summed E-state index contributed by atoms with van der Waals surface area (Å²) in [6, 6.07) is 10.4. The van der Waals surface area contributed by atoms with Crippen molar-refractivity contribution in [2.24, 2.45) is 0 Å². The molecular formula is C20H23N5O2. The molecule has 2 unspecified atom stereocenters. The molecule has 7 heteroatoms. The number of nitrogens with zero attached hydrogens (tertiary/aromatic N) is 2. The molecule has 27 heavy (non-hydrogen) atoms. The van der Waals surface area contributed by atoms with Crippen molar-refractivity contribution in [2.45, 2.75) is 25.0 Å². The number of rotatable bonds is 4. The standard InChI is InChI=1S/C20H23N5O2/c26-20(22-9-14-11-25-7-3-4-13(25)12-27-14)19-8-18(23-24-19)16-10-21-17-6-2-1-5-15(16)17/h1-2,5-6,8,10,13-14,21H,3-4,7,9,11-12H2,(H,22,26)(H,23,24). The monoisotopic (exact) mass is 365 g/mol. The maximum Gasteiger partial charge on any atom is 0.269 e. The van der Waals surface area contributed by atoms with Gasteiger partial charge in [0.1, 0.15) is 5.69 Å². The Labute approximate surface area is 157 Å². The number of hydrogen-bond acceptors (Lipinski definition) is 4. The molecule has 3 aromatic rings. The van der Waals surface area contributed by atoms with Gasteiger partial charge in [-0.25, -0.2) is 0 Å². The highest BCUT2D eigenvalue weighted by Crippen LogP contribution is 2.27. The van der Waals surface area contributed by atoms with Crippen LogP contribution in [0.3, 0.4) is 0 Å². The number of hydrogen-bond donors (Lipinski definition) is 3. The largest absolute Gasteiger partial charge is 0.373 e. The van der Waals surface area contributed by atoms with Gasteiger partial charge in [0.15, 0.2) is 0 Å². The highest BCUT2D eigenvalue weighted by molar-refractivity contribution is 5.97. The van der Waals surface area contributed by atoms with Crippen LogP contribution in [0.5, 0.6) is 0 Å². The molecule has 2 aromatic heterocycles. The summed E-state index contributed by atoms with van der Waals surface area (Å²) < 4.78 is 5.90. The average molecular weight is 365 g/mol. The minimum atomic E-state index is -0.152. The molecule has 2 aliphatic heterocycles. The fourth-order valence-corrected chi connectivity index (χ4v) is 4.17. The number of benzene rings is 1. The third-order valence-corrected chi connectivity index (χ3v) is 5.64. The Hall–Kier alpha value is -2.64. The third kappa shape index (κ3) is 3.13. The average Bonchev–Trinajstić information content (AvgIpc) is 3.43. The van der Waals surface area contributed by atoms with Crippen molar-refractivity contribution in [1.29, 1.82) is 0 Å². The van der Waals surface area contributed by atoms with E-state index in [0.717, 1.165) is 41.9 Å². The number of ether oxygens (including phenoxy) is 1. The second-order valence-corrected chi connectivity index (χ2v) is 7.37. The summed E-state index contributed by atoms with van der Waals surface area (Å²) in [7, 11) is 0. The van der Waals surface area contributed by atoms with E-state index in [1.54, 1.807) is 6.07 Å². The lowest BCUT2D eigenvalue weighted by Gasteiger charge is -2.35. The molecule has 2 saturated heterocycles. The smallest absolute Gasteiger partial charge is 0.269 e. The van der Waals surface area contributed by atoms with E-state index in [4.69, 9.17) is 4.74 Å². The lowest BCUT2D eigenvalue weighted by atomic mass is 10.1. The Morgan fingerprint density at radius 1 is 1.37 bits per heavy atom. The molecule has 0 radical (unpaired) electrons. The predicted molar refractivity (Wildman–Crippen MR) is 103 cm³/mol. The number of fused-ring (bicyclic) bond motifs is 2. The van der Waals surface area contributed by atoms with Crippen LogP contribution >= 0.6 is 0 Å². The molecule has 1 aromatic carbocycles. The van der Waals surface area contributed by atoms with Gasteiger partial charge >= 0.3 is 0 Å². The third-order valence-electron chi connectivity index (χ3n) is 5.64. The minimum absolute atomic E-state index is 0.0549. The second kappa shape index (κ2) is 6.83. The van der Waals surface area contributed by atoms with Gasteiger partial charge in [-0.2, -0.15) is 5.10 Å². The van der Waals surface area contributed by atoms with Crippen LogP contribution in [0, 0.1) is 0 Å². The van der Waals surface area contributed by atoms with Crippen molar-refractivity contribution in [3.05, 3.63) is 42.2 Å². The maximum atomic E-state index is 12.5. The zero-order valence-electron chi connectivity index (χ0n) is 15.1. The fourth-order valence-electron chi connectivity index (χ4n) is 4.17. The van der Waals surface area contributed by atoms with Crippen LogP contribution in [-0.4, -0.2) is 64.4 Å². The molecule has 2 aliphatic rings. The van der Waals surface area contributed by atoms with Crippen molar-refractivity contribution in [3.63, 3.8) is 0 Å². The van der Waals surface area contributed by atoms with Crippen LogP contribution in [-0.2, 0) is 4.74 Å². The summed E-state index contributed by atoms with van der Waals surface area (Å²) in [6.07, 6.45) is 4.45. The number of H-pyrrole nitrogens is 2. The number of aromatic nitrogens is 3. The van der Waals surface area contributed by atoms with E-state index < -0.39 is 0 Å². The van der Waals surface area contributed by atoms with Crippen LogP contribution in [0.15, 0.2) is 36.5 Å². The van der Waals surface area contributed by atoms with Gasteiger partial charge in [0.2, 0.25) is 0 Å². The van der Waals surface area contributed by atoms with Crippen molar-refractivity contribution in [2.75, 3.05) is 26.2 Å². The first-order valence-corrected chi connectivity index (χ1v) is 9.53. The molecule has 4 heterocycles. The van der Waals surface area contributed by atoms with E-state index in [0.29, 0.717) is 18.3 Å². The summed E-state index contributed by atoms with van der Waals surface area (Å²) in [5.41, 5.74) is 3.25. The summed E-state index contributed by atoms with van der Waals surface area (Å²) in [6.45, 7) is 3.33. The van der Waals surface area contributed by atoms with E-state index in [1.807, 2.05) is 30.5 Å². The van der Waals surface area contributed by atoms with Gasteiger partial charge in [0.05, 0.1) is 18.4 Å². The van der Waals surface area contributed by atoms with Crippen LogP contribution in [0.25, 0.3) is 22.2 Å². The lowest BCUT2D eigenvalue weighted by molar-refractivity contribution is -0.0462. The Kier molecular flexibility index (Phi) is 4.18. The molecular weight excluding hydrogens is 342 g/mol. The number of para-hydroxylation sites is 1. The summed E-state index contributed by atoms with van der Waals surface area (Å²) >= 11 is 0. The molecule has 140 valence electrons. The predicted octanol–water partition coefficient (Wildman–Crippen LogP) is 2.15. The Balaban J connectivity index is 1.24. The molecule has 2 fully saturated rings. The highest BCUT2D eigenvalue weighted by atomic mass is 16.5. The molecule has 0 spiro atoms. The van der Waals surface area contributed by atoms with Gasteiger partial charge in [0, 0.05) is 41.8 Å². The number of amides is 1. The van der Waals surface area contributed by atoms with Gasteiger partial charge in [-0.15, -0.1) is 0 Å². The second-order valence-electron chi connectivity index (χ2n) is 7.37. The zero-order valence-corrected chi connectivity index (χ0v) is 15.1. The Bertz CT molecular complexity index is 962. The van der Waals surface area contributed by atoms with Crippen LogP contribution in [0.4, 0.5) is 0 Å². The first-order valence-electron chi connectivity index (χ1n) is 9.53. The fraction of sp³-hybridized carbons (Fsp3) is 0.400. The van der Waals surface area contributed by atoms with Crippen molar-refractivity contribution < 1.29 is 9.53 Å². The van der Waals surface area contributed by atoms with E-state index in [9.17, 15) is 4.79 Å². The van der Waals surface area contributed by atoms with Gasteiger partial charge < -0.3 is 15.0 Å². The normalized spacial score (nSPS) is 22.8. The highest BCUT2D eigenvalue weighted by Gasteiger charge is 2.32. The summed E-state index contributed by atoms with van der Waals surface area (Å²) in [4.78, 5) is 18.2. The van der Waals surface area contributed by atoms with Crippen LogP contribution in [0.2, 0.25) is 0 Å². The van der Waals surface area contributed by atoms with Gasteiger partial charge in [0.25, 0.3) is 5.91 Å². The number of morpholine rings is 1. The SMILES string of the molecule is O=C(NCC1CN2CCCC2CO1)c1cc(-c2c[nH]c3ccccc23)n[nH]1. The van der Waals surface area contributed by atoms with Crippen molar-refractivity contribution in [1.82, 2.24) is 25.4 Å². The molecule has 5 rings (SSSR count). The Morgan fingerprint density at radius 2 is 2.30 bits per heavy atom. The molecule has 0 saturated carbocycles. The Morgan fingerprint density at radius 3 is 3.26 bits per heavy atom. The number of aromatic amines is 2. The minimum Gasteiger partial charge on any atom is -0.373 e. The molecule has 3 N–H and O–H groups in total. The number of carbonyl (C=O) groups is 1. The summed E-state index contributed by atoms with van der Waals surface area (Å²) in [5, 5.41) is 11.2. The number of nitrogens with one attached hydrogen (secondary N) is 3. The van der Waals surface area contributed by atoms with E-state index >= 15 is 0 Å². The molecule has 0 aliphatic carbocycles. The topological polar surface area (TPSA) is 86.0 Å². The van der Waals surface area contributed by atoms with Crippen LogP contribution in [0.1, 0.15) is 23.3 Å². The first-order chi connectivity index (χ1) is 13.3. The lowest BCUT2D eigenvalue weighted by Crippen LogP contribution is -2.50. The molecule has 0 bridgehead atoms. The van der Waals surface area contributed by atoms with Crippen LogP contribution < -0.4 is 5.32 Å². The quantitative estimate of drug-likeness (QED) is 0.661. The maximum absolute atomic E-state index is 12.5. The van der Waals surface area contributed by atoms with Gasteiger partial charge in [-0.3, -0.25) is 14.8 Å². The molecule has 7 nitrogen and oxygen atoms in total. The van der Waals surface area contributed by atoms with Gasteiger partial charge in [-0.05, 0) is 31.5 Å². The number of carbonyl (C=O) groups excluding carboxylic acids is 1. The first kappa shape index (κ1) is 16.5. The summed E-state index contributed by atoms with van der Waals surface area (Å²) in [5.74, 6) is -0.152.